The van der Waals surface area contributed by atoms with E-state index in [0.29, 0.717) is 16.6 Å². The van der Waals surface area contributed by atoms with E-state index in [1.165, 1.54) is 12.8 Å². The molecule has 18 heavy (non-hydrogen) atoms. The third-order valence-electron chi connectivity index (χ3n) is 3.55. The highest BCUT2D eigenvalue weighted by molar-refractivity contribution is 7.80. The largest absolute Gasteiger partial charge is 0.336 e. The number of nitrogens with zero attached hydrogens (tertiary/aromatic N) is 1. The molecule has 0 bridgehead atoms. The molecule has 1 aromatic carbocycles. The lowest BCUT2D eigenvalue weighted by atomic mass is 10.1. The van der Waals surface area contributed by atoms with E-state index >= 15 is 0 Å². The van der Waals surface area contributed by atoms with Gasteiger partial charge in [-0.25, -0.2) is 0 Å². The van der Waals surface area contributed by atoms with E-state index in [1.54, 1.807) is 18.2 Å². The summed E-state index contributed by atoms with van der Waals surface area (Å²) in [7, 11) is 0. The fourth-order valence-corrected chi connectivity index (χ4v) is 3.02. The Morgan fingerprint density at radius 1 is 1.44 bits per heavy atom. The minimum Gasteiger partial charge on any atom is -0.336 e. The Hall–Kier alpha value is -0.670. The number of carbonyl (C=O) groups is 1. The maximum Gasteiger partial charge on any atom is 0.255 e. The SMILES string of the molecule is CCN(C(=O)c1cc(S)ccc1Cl)C1CCCC1. The maximum atomic E-state index is 12.5. The van der Waals surface area contributed by atoms with Crippen molar-refractivity contribution in [3.8, 4) is 0 Å². The molecule has 2 rings (SSSR count). The van der Waals surface area contributed by atoms with E-state index in [4.69, 9.17) is 11.6 Å². The topological polar surface area (TPSA) is 20.3 Å². The van der Waals surface area contributed by atoms with Crippen LogP contribution in [0.3, 0.4) is 0 Å². The molecule has 1 fully saturated rings. The second-order valence-electron chi connectivity index (χ2n) is 4.69. The van der Waals surface area contributed by atoms with Crippen LogP contribution in [-0.2, 0) is 0 Å². The Bertz CT molecular complexity index is 443. The first kappa shape index (κ1) is 13.8. The van der Waals surface area contributed by atoms with Gasteiger partial charge in [0.1, 0.15) is 0 Å². The van der Waals surface area contributed by atoms with E-state index < -0.39 is 0 Å². The van der Waals surface area contributed by atoms with Crippen LogP contribution >= 0.6 is 24.2 Å². The molecule has 0 unspecified atom stereocenters. The van der Waals surface area contributed by atoms with Crippen LogP contribution in [0.1, 0.15) is 43.0 Å². The van der Waals surface area contributed by atoms with E-state index in [0.717, 1.165) is 24.3 Å². The van der Waals surface area contributed by atoms with Gasteiger partial charge >= 0.3 is 0 Å². The molecular weight excluding hydrogens is 266 g/mol. The molecule has 0 aromatic heterocycles. The van der Waals surface area contributed by atoms with Gasteiger partial charge in [-0.3, -0.25) is 4.79 Å². The molecule has 1 aliphatic carbocycles. The Morgan fingerprint density at radius 3 is 2.72 bits per heavy atom. The molecule has 0 saturated heterocycles. The summed E-state index contributed by atoms with van der Waals surface area (Å²) in [5.41, 5.74) is 0.568. The van der Waals surface area contributed by atoms with Crippen molar-refractivity contribution in [2.45, 2.75) is 43.5 Å². The summed E-state index contributed by atoms with van der Waals surface area (Å²) >= 11 is 10.4. The number of amides is 1. The highest BCUT2D eigenvalue weighted by atomic mass is 35.5. The molecule has 98 valence electrons. The molecule has 1 amide bonds. The van der Waals surface area contributed by atoms with Crippen molar-refractivity contribution in [1.82, 2.24) is 4.90 Å². The highest BCUT2D eigenvalue weighted by Gasteiger charge is 2.27. The minimum atomic E-state index is 0.0327. The number of thiol groups is 1. The van der Waals surface area contributed by atoms with Crippen LogP contribution in [0.4, 0.5) is 0 Å². The summed E-state index contributed by atoms with van der Waals surface area (Å²) in [6, 6.07) is 5.67. The van der Waals surface area contributed by atoms with Gasteiger partial charge < -0.3 is 4.90 Å². The van der Waals surface area contributed by atoms with Gasteiger partial charge in [0.15, 0.2) is 0 Å². The molecule has 0 radical (unpaired) electrons. The molecule has 0 N–H and O–H groups in total. The number of halogens is 1. The predicted octanol–water partition coefficient (Wildman–Crippen LogP) is 4.03. The van der Waals surface area contributed by atoms with Gasteiger partial charge in [-0.05, 0) is 38.0 Å². The quantitative estimate of drug-likeness (QED) is 0.831. The Balaban J connectivity index is 2.25. The summed E-state index contributed by atoms with van der Waals surface area (Å²) in [6.45, 7) is 2.76. The number of benzene rings is 1. The third kappa shape index (κ3) is 2.83. The van der Waals surface area contributed by atoms with Crippen molar-refractivity contribution in [2.24, 2.45) is 0 Å². The van der Waals surface area contributed by atoms with E-state index in [2.05, 4.69) is 12.6 Å². The van der Waals surface area contributed by atoms with Crippen LogP contribution in [0.2, 0.25) is 5.02 Å². The van der Waals surface area contributed by atoms with Crippen molar-refractivity contribution in [3.63, 3.8) is 0 Å². The zero-order chi connectivity index (χ0) is 13.1. The first-order valence-electron chi connectivity index (χ1n) is 6.43. The van der Waals surface area contributed by atoms with Crippen LogP contribution in [0.5, 0.6) is 0 Å². The van der Waals surface area contributed by atoms with E-state index in [1.807, 2.05) is 11.8 Å². The summed E-state index contributed by atoms with van der Waals surface area (Å²) in [4.78, 5) is 15.3. The fourth-order valence-electron chi connectivity index (χ4n) is 2.62. The lowest BCUT2D eigenvalue weighted by Gasteiger charge is -2.28. The first-order chi connectivity index (χ1) is 8.63. The second kappa shape index (κ2) is 5.98. The predicted molar refractivity (Wildman–Crippen MR) is 77.7 cm³/mol. The van der Waals surface area contributed by atoms with Crippen molar-refractivity contribution < 1.29 is 4.79 Å². The highest BCUT2D eigenvalue weighted by Crippen LogP contribution is 2.27. The molecular formula is C14H18ClNOS. The molecule has 1 aliphatic rings. The van der Waals surface area contributed by atoms with Crippen molar-refractivity contribution in [3.05, 3.63) is 28.8 Å². The van der Waals surface area contributed by atoms with Crippen molar-refractivity contribution in [2.75, 3.05) is 6.54 Å². The smallest absolute Gasteiger partial charge is 0.255 e. The van der Waals surface area contributed by atoms with Crippen LogP contribution in [0.25, 0.3) is 0 Å². The Kier molecular flexibility index (Phi) is 4.57. The molecule has 0 atom stereocenters. The molecule has 1 saturated carbocycles. The van der Waals surface area contributed by atoms with Crippen LogP contribution in [0.15, 0.2) is 23.1 Å². The van der Waals surface area contributed by atoms with Gasteiger partial charge in [0.25, 0.3) is 5.91 Å². The van der Waals surface area contributed by atoms with Gasteiger partial charge in [0, 0.05) is 17.5 Å². The zero-order valence-corrected chi connectivity index (χ0v) is 12.2. The third-order valence-corrected chi connectivity index (χ3v) is 4.16. The monoisotopic (exact) mass is 283 g/mol. The summed E-state index contributed by atoms with van der Waals surface area (Å²) in [5, 5.41) is 0.509. The lowest BCUT2D eigenvalue weighted by molar-refractivity contribution is 0.0693. The molecule has 0 heterocycles. The second-order valence-corrected chi connectivity index (χ2v) is 5.62. The number of hydrogen-bond acceptors (Lipinski definition) is 2. The maximum absolute atomic E-state index is 12.5. The molecule has 4 heteroatoms. The average Bonchev–Trinajstić information content (AvgIpc) is 2.87. The minimum absolute atomic E-state index is 0.0327. The zero-order valence-electron chi connectivity index (χ0n) is 10.5. The van der Waals surface area contributed by atoms with Gasteiger partial charge in [-0.15, -0.1) is 12.6 Å². The van der Waals surface area contributed by atoms with Gasteiger partial charge in [-0.1, -0.05) is 24.4 Å². The molecule has 0 spiro atoms. The van der Waals surface area contributed by atoms with Crippen LogP contribution in [-0.4, -0.2) is 23.4 Å². The van der Waals surface area contributed by atoms with Gasteiger partial charge in [0.05, 0.1) is 10.6 Å². The van der Waals surface area contributed by atoms with Crippen molar-refractivity contribution in [1.29, 1.82) is 0 Å². The molecule has 0 aliphatic heterocycles. The molecule has 2 nitrogen and oxygen atoms in total. The summed E-state index contributed by atoms with van der Waals surface area (Å²) in [6.07, 6.45) is 4.65. The number of carbonyl (C=O) groups excluding carboxylic acids is 1. The number of hydrogen-bond donors (Lipinski definition) is 1. The first-order valence-corrected chi connectivity index (χ1v) is 7.25. The van der Waals surface area contributed by atoms with Crippen LogP contribution in [0, 0.1) is 0 Å². The standard InChI is InChI=1S/C14H18ClNOS/c1-2-16(10-5-3-4-6-10)14(17)12-9-11(18)7-8-13(12)15/h7-10,18H,2-6H2,1H3. The van der Waals surface area contributed by atoms with Crippen molar-refractivity contribution >= 4 is 30.1 Å². The van der Waals surface area contributed by atoms with E-state index in [9.17, 15) is 4.79 Å². The lowest BCUT2D eigenvalue weighted by Crippen LogP contribution is -2.38. The summed E-state index contributed by atoms with van der Waals surface area (Å²) < 4.78 is 0. The Morgan fingerprint density at radius 2 is 2.11 bits per heavy atom. The van der Waals surface area contributed by atoms with E-state index in [-0.39, 0.29) is 5.91 Å². The summed E-state index contributed by atoms with van der Waals surface area (Å²) in [5.74, 6) is 0.0327. The van der Waals surface area contributed by atoms with Gasteiger partial charge in [-0.2, -0.15) is 0 Å². The molecule has 1 aromatic rings. The normalized spacial score (nSPS) is 15.9. The average molecular weight is 284 g/mol. The van der Waals surface area contributed by atoms with Gasteiger partial charge in [0.2, 0.25) is 0 Å². The van der Waals surface area contributed by atoms with Crippen LogP contribution < -0.4 is 0 Å². The fraction of sp³-hybridized carbons (Fsp3) is 0.500. The Labute approximate surface area is 119 Å². The number of rotatable bonds is 3.